The third-order valence-electron chi connectivity index (χ3n) is 4.69. The molecule has 1 aromatic rings. The van der Waals surface area contributed by atoms with E-state index in [0.717, 1.165) is 30.9 Å². The average molecular weight is 526 g/mol. The Kier molecular flexibility index (Phi) is 10.6. The number of ether oxygens (including phenoxy) is 3. The van der Waals surface area contributed by atoms with Crippen LogP contribution in [-0.4, -0.2) is 84.1 Å². The number of para-hydroxylation sites is 1. The lowest BCUT2D eigenvalue weighted by Crippen LogP contribution is -2.40. The van der Waals surface area contributed by atoms with Gasteiger partial charge in [0.25, 0.3) is 0 Å². The Morgan fingerprint density at radius 3 is 2.33 bits per heavy atom. The van der Waals surface area contributed by atoms with Crippen molar-refractivity contribution in [3.8, 4) is 5.75 Å². The molecule has 1 aliphatic heterocycles. The normalized spacial score (nSPS) is 18.0. The number of benzene rings is 1. The Morgan fingerprint density at radius 2 is 1.81 bits per heavy atom. The summed E-state index contributed by atoms with van der Waals surface area (Å²) >= 11 is 0. The fourth-order valence-electron chi connectivity index (χ4n) is 3.33. The summed E-state index contributed by atoms with van der Waals surface area (Å²) in [7, 11) is -4.70. The number of rotatable bonds is 8. The van der Waals surface area contributed by atoms with E-state index in [4.69, 9.17) is 23.9 Å². The smallest absolute Gasteiger partial charge is 0.446 e. The largest absolute Gasteiger partial charge is 0.489 e. The third-order valence-corrected chi connectivity index (χ3v) is 5.08. The Bertz CT molecular complexity index is 1130. The summed E-state index contributed by atoms with van der Waals surface area (Å²) in [5, 5.41) is 8.61. The van der Waals surface area contributed by atoms with E-state index in [0.29, 0.717) is 24.7 Å². The molecule has 1 unspecified atom stereocenters. The van der Waals surface area contributed by atoms with Gasteiger partial charge in [0.05, 0.1) is 37.2 Å². The maximum atomic E-state index is 10.6. The van der Waals surface area contributed by atoms with Gasteiger partial charge in [-0.3, -0.25) is 4.55 Å². The van der Waals surface area contributed by atoms with Crippen molar-refractivity contribution in [2.24, 2.45) is 0 Å². The molecule has 0 radical (unpaired) electrons. The van der Waals surface area contributed by atoms with Gasteiger partial charge in [0.1, 0.15) is 11.3 Å². The number of aromatic carboxylic acids is 1. The zero-order chi connectivity index (χ0) is 26.9. The minimum absolute atomic E-state index is 0.0323. The van der Waals surface area contributed by atoms with Gasteiger partial charge in [-0.1, -0.05) is 12.1 Å². The van der Waals surface area contributed by atoms with Gasteiger partial charge in [-0.15, -0.1) is 0 Å². The molecule has 2 N–H and O–H groups in total. The van der Waals surface area contributed by atoms with Crippen LogP contribution in [0.2, 0.25) is 0 Å². The maximum absolute atomic E-state index is 10.6. The first-order valence-corrected chi connectivity index (χ1v) is 12.6. The van der Waals surface area contributed by atoms with Crippen LogP contribution in [0.4, 0.5) is 0 Å². The van der Waals surface area contributed by atoms with E-state index >= 15 is 0 Å². The van der Waals surface area contributed by atoms with Gasteiger partial charge in [-0.25, -0.2) is 4.79 Å². The maximum Gasteiger partial charge on any atom is 0.446 e. The molecule has 0 amide bonds. The molecule has 36 heavy (non-hydrogen) atoms. The van der Waals surface area contributed by atoms with Gasteiger partial charge in [-0.2, -0.15) is 13.2 Å². The van der Waals surface area contributed by atoms with E-state index in [1.54, 1.807) is 6.08 Å². The van der Waals surface area contributed by atoms with Crippen molar-refractivity contribution in [2.45, 2.75) is 46.0 Å². The predicted octanol–water partition coefficient (Wildman–Crippen LogP) is 2.56. The Balaban J connectivity index is 0.000000281. The van der Waals surface area contributed by atoms with E-state index in [9.17, 15) is 18.7 Å². The Labute approximate surface area is 210 Å². The fourth-order valence-corrected chi connectivity index (χ4v) is 3.70. The fraction of sp³-hybridized carbons (Fsp3) is 0.478. The lowest BCUT2D eigenvalue weighted by molar-refractivity contribution is -0.0313. The van der Waals surface area contributed by atoms with Gasteiger partial charge < -0.3 is 33.9 Å². The highest BCUT2D eigenvalue weighted by atomic mass is 32.3. The second-order valence-electron chi connectivity index (χ2n) is 8.27. The van der Waals surface area contributed by atoms with Crippen LogP contribution in [0.1, 0.15) is 38.1 Å². The van der Waals surface area contributed by atoms with Crippen molar-refractivity contribution < 1.29 is 46.1 Å². The predicted molar refractivity (Wildman–Crippen MR) is 129 cm³/mol. The van der Waals surface area contributed by atoms with Crippen molar-refractivity contribution in [1.29, 1.82) is 0 Å². The van der Waals surface area contributed by atoms with Crippen LogP contribution in [0.15, 0.2) is 47.9 Å². The molecule has 1 fully saturated rings. The first-order chi connectivity index (χ1) is 16.9. The molecule has 2 aliphatic rings. The van der Waals surface area contributed by atoms with Crippen LogP contribution in [0.5, 0.6) is 5.75 Å². The number of carboxylic acids is 1. The summed E-state index contributed by atoms with van der Waals surface area (Å²) in [6, 6.07) is 5.06. The van der Waals surface area contributed by atoms with Crippen LogP contribution < -0.4 is 4.18 Å². The van der Waals surface area contributed by atoms with Crippen LogP contribution >= 0.6 is 0 Å². The minimum Gasteiger partial charge on any atom is -0.489 e. The monoisotopic (exact) mass is 525 g/mol. The highest BCUT2D eigenvalue weighted by Crippen LogP contribution is 2.26. The van der Waals surface area contributed by atoms with Crippen molar-refractivity contribution >= 4 is 22.1 Å². The minimum atomic E-state index is -4.70. The summed E-state index contributed by atoms with van der Waals surface area (Å²) < 4.78 is 50.2. The van der Waals surface area contributed by atoms with Gasteiger partial charge in [0.2, 0.25) is 0 Å². The van der Waals surface area contributed by atoms with Crippen molar-refractivity contribution in [3.05, 3.63) is 59.0 Å². The number of hydrogen-bond donors (Lipinski definition) is 2. The Morgan fingerprint density at radius 1 is 1.17 bits per heavy atom. The molecule has 13 heteroatoms. The molecule has 0 bridgehead atoms. The zero-order valence-corrected chi connectivity index (χ0v) is 21.3. The molecule has 3 rings (SSSR count). The lowest BCUT2D eigenvalue weighted by Gasteiger charge is -2.34. The van der Waals surface area contributed by atoms with Gasteiger partial charge in [-0.05, 0) is 45.9 Å². The van der Waals surface area contributed by atoms with Gasteiger partial charge in [0, 0.05) is 13.1 Å². The third kappa shape index (κ3) is 9.10. The summed E-state index contributed by atoms with van der Waals surface area (Å²) in [6.45, 7) is 10.9. The molecule has 0 spiro atoms. The van der Waals surface area contributed by atoms with Crippen LogP contribution in [-0.2, 0) is 24.6 Å². The molecule has 0 aromatic heterocycles. The van der Waals surface area contributed by atoms with Crippen LogP contribution in [0.25, 0.3) is 5.53 Å². The molecular weight excluding hydrogens is 494 g/mol. The Hall–Kier alpha value is -3.22. The second kappa shape index (κ2) is 13.2. The number of carboxylic acid groups (broad SMARTS) is 1. The van der Waals surface area contributed by atoms with E-state index in [2.05, 4.69) is 13.9 Å². The lowest BCUT2D eigenvalue weighted by atomic mass is 10.0. The summed E-state index contributed by atoms with van der Waals surface area (Å²) in [5.41, 5.74) is 10.4. The van der Waals surface area contributed by atoms with E-state index in [-0.39, 0.29) is 23.9 Å². The van der Waals surface area contributed by atoms with Crippen LogP contribution in [0.3, 0.4) is 0 Å². The average Bonchev–Trinajstić information content (AvgIpc) is 2.79. The molecule has 1 saturated heterocycles. The number of hydrogen-bond acceptors (Lipinski definition) is 8. The molecule has 198 valence electrons. The summed E-state index contributed by atoms with van der Waals surface area (Å²) in [5.74, 6) is -1.06. The number of carbonyl (C=O) groups is 1. The highest BCUT2D eigenvalue weighted by molar-refractivity contribution is 7.81. The highest BCUT2D eigenvalue weighted by Gasteiger charge is 2.32. The first kappa shape index (κ1) is 29.0. The first-order valence-electron chi connectivity index (χ1n) is 11.2. The summed E-state index contributed by atoms with van der Waals surface area (Å²) in [4.78, 5) is 16.1. The van der Waals surface area contributed by atoms with Crippen molar-refractivity contribution in [2.75, 3.05) is 26.3 Å². The zero-order valence-electron chi connectivity index (χ0n) is 20.5. The van der Waals surface area contributed by atoms with Crippen molar-refractivity contribution in [1.82, 2.24) is 4.90 Å². The van der Waals surface area contributed by atoms with E-state index in [1.165, 1.54) is 12.1 Å². The standard InChI is InChI=1S/C16H25N3O3.C7H6O6S/c1-11(2)21-15-10-14(19-5-7-20-8-6-19)16(22-12(3)4)9-13(15)18-17;8-7(9)5-3-1-2-4-6(5)13-14(10,11)12/h9-12,15H,5-8H2,1-4H3;1-4H,(H,8,9)(H,10,11,12). The molecule has 12 nitrogen and oxygen atoms in total. The SMILES string of the molecule is CC(C)OC1=CC(=[N+]=[N-])C(OC(C)C)C=C1N1CCOCC1.O=C(O)c1ccccc1OS(=O)(=O)O. The van der Waals surface area contributed by atoms with E-state index in [1.807, 2.05) is 33.8 Å². The molecule has 1 aliphatic carbocycles. The van der Waals surface area contributed by atoms with Gasteiger partial charge >= 0.3 is 22.1 Å². The summed E-state index contributed by atoms with van der Waals surface area (Å²) in [6.07, 6.45) is 3.43. The molecule has 1 heterocycles. The van der Waals surface area contributed by atoms with Gasteiger partial charge in [0.15, 0.2) is 11.9 Å². The molecule has 1 aromatic carbocycles. The number of nitrogens with zero attached hydrogens (tertiary/aromatic N) is 3. The molecular formula is C23H31N3O9S. The molecule has 1 atom stereocenters. The second-order valence-corrected chi connectivity index (χ2v) is 9.29. The van der Waals surface area contributed by atoms with Crippen molar-refractivity contribution in [3.63, 3.8) is 0 Å². The molecule has 0 saturated carbocycles. The van der Waals surface area contributed by atoms with Crippen LogP contribution in [0, 0.1) is 0 Å². The number of morpholine rings is 1. The topological polar surface area (TPSA) is 168 Å². The quantitative estimate of drug-likeness (QED) is 0.292. The van der Waals surface area contributed by atoms with E-state index < -0.39 is 22.1 Å².